The van der Waals surface area contributed by atoms with E-state index in [0.717, 1.165) is 16.8 Å². The van der Waals surface area contributed by atoms with Gasteiger partial charge in [-0.1, -0.05) is 95.6 Å². The second kappa shape index (κ2) is 9.14. The van der Waals surface area contributed by atoms with Crippen LogP contribution in [-0.2, 0) is 6.42 Å². The van der Waals surface area contributed by atoms with E-state index in [9.17, 15) is 0 Å². The number of hydrogen-bond acceptors (Lipinski definition) is 2. The Morgan fingerprint density at radius 1 is 0.811 bits per heavy atom. The predicted octanol–water partition coefficient (Wildman–Crippen LogP) is 10.4. The van der Waals surface area contributed by atoms with Crippen molar-refractivity contribution in [2.45, 2.75) is 70.4 Å². The van der Waals surface area contributed by atoms with Crippen LogP contribution in [0.15, 0.2) is 66.9 Å². The van der Waals surface area contributed by atoms with Gasteiger partial charge in [-0.2, -0.15) is 0 Å². The van der Waals surface area contributed by atoms with Crippen molar-refractivity contribution in [3.8, 4) is 11.3 Å². The Morgan fingerprint density at radius 2 is 1.46 bits per heavy atom. The number of benzene rings is 3. The summed E-state index contributed by atoms with van der Waals surface area (Å²) in [7, 11) is -4.15. The van der Waals surface area contributed by atoms with Gasteiger partial charge in [-0.15, -0.1) is 11.3 Å². The fraction of sp³-hybridized carbons (Fsp3) is 0.344. The van der Waals surface area contributed by atoms with Crippen LogP contribution in [0, 0.1) is 0 Å². The molecule has 0 aliphatic rings. The van der Waals surface area contributed by atoms with E-state index in [4.69, 9.17) is 4.98 Å². The summed E-state index contributed by atoms with van der Waals surface area (Å²) in [6, 6.07) is 21.8. The van der Waals surface area contributed by atoms with Crippen molar-refractivity contribution in [1.29, 1.82) is 0 Å². The third-order valence-electron chi connectivity index (χ3n) is 8.10. The first-order valence-corrected chi connectivity index (χ1v) is 21.1. The lowest BCUT2D eigenvalue weighted by atomic mass is 9.92. The topological polar surface area (TPSA) is 12.9 Å². The zero-order valence-electron chi connectivity index (χ0n) is 23.4. The summed E-state index contributed by atoms with van der Waals surface area (Å²) < 4.78 is 19.4. The number of alkyl halides is 1. The molecule has 0 amide bonds. The number of hydrogen-bond donors (Lipinski definition) is 0. The Kier molecular flexibility index (Phi) is 6.49. The van der Waals surface area contributed by atoms with Gasteiger partial charge in [-0.25, -0.2) is 0 Å². The van der Waals surface area contributed by atoms with Crippen LogP contribution in [0.1, 0.15) is 30.9 Å². The number of fused-ring (bicyclic) bond motifs is 4. The highest BCUT2D eigenvalue weighted by Gasteiger charge is 2.53. The first-order chi connectivity index (χ1) is 17.3. The van der Waals surface area contributed by atoms with Crippen molar-refractivity contribution in [2.75, 3.05) is 0 Å². The van der Waals surface area contributed by atoms with Gasteiger partial charge < -0.3 is 0 Å². The number of pyridine rings is 1. The monoisotopic (exact) mass is 543 g/mol. The van der Waals surface area contributed by atoms with E-state index < -0.39 is 21.1 Å². The van der Waals surface area contributed by atoms with Crippen molar-refractivity contribution in [1.82, 2.24) is 4.98 Å². The summed E-state index contributed by atoms with van der Waals surface area (Å²) in [4.78, 5) is 3.83. The molecule has 192 valence electrons. The highest BCUT2D eigenvalue weighted by atomic mass is 32.1. The molecule has 5 aromatic rings. The van der Waals surface area contributed by atoms with Gasteiger partial charge in [0.1, 0.15) is 0 Å². The van der Waals surface area contributed by atoms with E-state index in [1.807, 2.05) is 6.20 Å². The van der Waals surface area contributed by atoms with E-state index in [1.54, 1.807) is 11.3 Å². The van der Waals surface area contributed by atoms with E-state index >= 15 is 4.39 Å². The van der Waals surface area contributed by atoms with Gasteiger partial charge >= 0.3 is 0 Å². The van der Waals surface area contributed by atoms with Crippen molar-refractivity contribution in [3.63, 3.8) is 0 Å². The largest absolute Gasteiger partial charge is 0.255 e. The fourth-order valence-electron chi connectivity index (χ4n) is 6.00. The molecule has 37 heavy (non-hydrogen) atoms. The minimum absolute atomic E-state index is 0.416. The Labute approximate surface area is 226 Å². The minimum Gasteiger partial charge on any atom is -0.255 e. The first-order valence-electron chi connectivity index (χ1n) is 13.3. The van der Waals surface area contributed by atoms with E-state index in [-0.39, 0.29) is 0 Å². The summed E-state index contributed by atoms with van der Waals surface area (Å²) in [5, 5.41) is 5.00. The normalized spacial score (nSPS) is 13.4. The van der Waals surface area contributed by atoms with E-state index in [0.29, 0.717) is 12.3 Å². The van der Waals surface area contributed by atoms with Crippen molar-refractivity contribution in [2.24, 2.45) is 0 Å². The number of halogens is 1. The molecule has 0 aliphatic heterocycles. The number of nitrogens with zero attached hydrogens (tertiary/aromatic N) is 1. The van der Waals surface area contributed by atoms with Crippen molar-refractivity contribution >= 4 is 58.4 Å². The Bertz CT molecular complexity index is 1610. The molecule has 2 aromatic heterocycles. The van der Waals surface area contributed by atoms with Gasteiger partial charge in [0.15, 0.2) is 0 Å². The molecule has 0 saturated carbocycles. The second-order valence-corrected chi connectivity index (χ2v) is 25.0. The molecule has 0 N–H and O–H groups in total. The maximum Gasteiger partial charge on any atom is 0.0932 e. The molecule has 2 heterocycles. The first kappa shape index (κ1) is 26.3. The fourth-order valence-corrected chi connectivity index (χ4v) is 17.8. The zero-order chi connectivity index (χ0) is 26.8. The van der Waals surface area contributed by atoms with Crippen LogP contribution in [0.25, 0.3) is 42.2 Å². The maximum atomic E-state index is 17.0. The van der Waals surface area contributed by atoms with Crippen LogP contribution in [0.3, 0.4) is 0 Å². The van der Waals surface area contributed by atoms with Crippen LogP contribution >= 0.6 is 11.3 Å². The lowest BCUT2D eigenvalue weighted by molar-refractivity contribution is 0.355. The van der Waals surface area contributed by atoms with E-state index in [2.05, 4.69) is 114 Å². The quantitative estimate of drug-likeness (QED) is 0.194. The number of rotatable bonds is 6. The lowest BCUT2D eigenvalue weighted by Crippen LogP contribution is -2.64. The standard InChI is InChI=1S/C32H38FNSSi2/c1-21(2)28-19-24(18-22-12-9-10-14-25(22)28)29-31-27(16-17-34-29)26-15-11-13-23(30(26)35-31)20-32(33,36(3,4)5)37(6,7)8/h9-19,21H,20H2,1-8H3. The van der Waals surface area contributed by atoms with Gasteiger partial charge in [-0.05, 0) is 46.0 Å². The number of aromatic nitrogens is 1. The molecule has 3 aromatic carbocycles. The molecule has 0 saturated heterocycles. The molecule has 5 heteroatoms. The Balaban J connectivity index is 1.74. The summed E-state index contributed by atoms with van der Waals surface area (Å²) in [5.41, 5.74) is 4.68. The van der Waals surface area contributed by atoms with Crippen molar-refractivity contribution < 1.29 is 4.39 Å². The van der Waals surface area contributed by atoms with Gasteiger partial charge in [-0.3, -0.25) is 9.37 Å². The molecule has 1 nitrogen and oxygen atoms in total. The molecular weight excluding hydrogens is 506 g/mol. The Morgan fingerprint density at radius 3 is 2.14 bits per heavy atom. The summed E-state index contributed by atoms with van der Waals surface area (Å²) in [6.07, 6.45) is 2.45. The van der Waals surface area contributed by atoms with Crippen LogP contribution in [0.2, 0.25) is 39.3 Å². The molecule has 0 atom stereocenters. The molecule has 0 bridgehead atoms. The average Bonchev–Trinajstić information content (AvgIpc) is 3.21. The third kappa shape index (κ3) is 4.39. The van der Waals surface area contributed by atoms with Crippen LogP contribution in [-0.4, -0.2) is 26.0 Å². The summed E-state index contributed by atoms with van der Waals surface area (Å²) in [5.74, 6) is 0.416. The molecule has 0 unspecified atom stereocenters. The van der Waals surface area contributed by atoms with Crippen LogP contribution in [0.4, 0.5) is 4.39 Å². The zero-order valence-corrected chi connectivity index (χ0v) is 26.2. The highest BCUT2D eigenvalue weighted by molar-refractivity contribution is 7.26. The number of thiophene rings is 1. The minimum atomic E-state index is -2.07. The van der Waals surface area contributed by atoms with Gasteiger partial charge in [0, 0.05) is 33.7 Å². The van der Waals surface area contributed by atoms with Gasteiger partial charge in [0.05, 0.1) is 31.5 Å². The molecular formula is C32H38FNSSi2. The third-order valence-corrected chi connectivity index (χ3v) is 19.0. The molecule has 0 spiro atoms. The van der Waals surface area contributed by atoms with Crippen molar-refractivity contribution in [3.05, 3.63) is 78.0 Å². The van der Waals surface area contributed by atoms with E-state index in [1.165, 1.54) is 36.5 Å². The Hall–Kier alpha value is -2.35. The highest BCUT2D eigenvalue weighted by Crippen LogP contribution is 2.44. The van der Waals surface area contributed by atoms with Crippen LogP contribution < -0.4 is 0 Å². The summed E-state index contributed by atoms with van der Waals surface area (Å²) in [6.45, 7) is 17.7. The molecule has 0 fully saturated rings. The second-order valence-electron chi connectivity index (χ2n) is 12.9. The molecule has 0 radical (unpaired) electrons. The maximum absolute atomic E-state index is 17.0. The van der Waals surface area contributed by atoms with Gasteiger partial charge in [0.25, 0.3) is 0 Å². The molecule has 5 rings (SSSR count). The average molecular weight is 544 g/mol. The molecule has 0 aliphatic carbocycles. The van der Waals surface area contributed by atoms with Crippen LogP contribution in [0.5, 0.6) is 0 Å². The smallest absolute Gasteiger partial charge is 0.0932 e. The predicted molar refractivity (Wildman–Crippen MR) is 168 cm³/mol. The van der Waals surface area contributed by atoms with Gasteiger partial charge in [0.2, 0.25) is 0 Å². The summed E-state index contributed by atoms with van der Waals surface area (Å²) >= 11 is 1.79. The SMILES string of the molecule is CC(C)c1cc(-c2nccc3c2sc2c(CC(F)([Si](C)(C)C)[Si](C)(C)C)cccc23)cc2ccccc12. The lowest BCUT2D eigenvalue weighted by Gasteiger charge is -2.45.